The zero-order valence-corrected chi connectivity index (χ0v) is 26.5. The number of ether oxygens (including phenoxy) is 2. The van der Waals surface area contributed by atoms with Crippen LogP contribution in [0.15, 0.2) is 87.5 Å². The van der Waals surface area contributed by atoms with Crippen LogP contribution in [-0.4, -0.2) is 54.8 Å². The van der Waals surface area contributed by atoms with Gasteiger partial charge in [-0.1, -0.05) is 81.4 Å². The number of carbonyl (C=O) groups excluding carboxylic acids is 1. The Balaban J connectivity index is 1.57. The molecular formula is C30H35N3O5S2Si. The van der Waals surface area contributed by atoms with Crippen LogP contribution >= 0.6 is 23.5 Å². The van der Waals surface area contributed by atoms with Crippen molar-refractivity contribution in [2.24, 2.45) is 0 Å². The Kier molecular flexibility index (Phi) is 8.65. The minimum atomic E-state index is -2.89. The van der Waals surface area contributed by atoms with Gasteiger partial charge in [0, 0.05) is 36.6 Å². The third-order valence-electron chi connectivity index (χ3n) is 7.30. The Bertz CT molecular complexity index is 1450. The minimum absolute atomic E-state index is 0.145. The molecule has 0 fully saturated rings. The van der Waals surface area contributed by atoms with Crippen molar-refractivity contribution in [2.75, 3.05) is 30.5 Å². The normalized spacial score (nSPS) is 21.0. The fourth-order valence-corrected chi connectivity index (χ4v) is 12.7. The zero-order chi connectivity index (χ0) is 29.3. The number of amides is 1. The summed E-state index contributed by atoms with van der Waals surface area (Å²) in [5.41, 5.74) is -0.524. The van der Waals surface area contributed by atoms with Crippen LogP contribution in [-0.2, 0) is 18.7 Å². The summed E-state index contributed by atoms with van der Waals surface area (Å²) in [6.45, 7) is 8.21. The number of anilines is 1. The van der Waals surface area contributed by atoms with E-state index in [1.165, 1.54) is 11.5 Å². The van der Waals surface area contributed by atoms with Gasteiger partial charge >= 0.3 is 5.69 Å². The molecule has 41 heavy (non-hydrogen) atoms. The van der Waals surface area contributed by atoms with E-state index in [9.17, 15) is 9.59 Å². The Morgan fingerprint density at radius 3 is 2.22 bits per heavy atom. The first-order chi connectivity index (χ1) is 19.6. The molecule has 0 spiro atoms. The zero-order valence-electron chi connectivity index (χ0n) is 23.9. The molecule has 216 valence electrons. The molecule has 0 aliphatic carbocycles. The second-order valence-electron chi connectivity index (χ2n) is 11.0. The van der Waals surface area contributed by atoms with Gasteiger partial charge in [0.05, 0.1) is 11.5 Å². The first kappa shape index (κ1) is 29.8. The maximum absolute atomic E-state index is 13.1. The second-order valence-corrected chi connectivity index (χ2v) is 17.5. The lowest BCUT2D eigenvalue weighted by Gasteiger charge is -2.45. The maximum atomic E-state index is 13.1. The van der Waals surface area contributed by atoms with Crippen molar-refractivity contribution < 1.29 is 18.7 Å². The van der Waals surface area contributed by atoms with E-state index in [0.29, 0.717) is 0 Å². The topological polar surface area (TPSA) is 91.7 Å². The second kappa shape index (κ2) is 11.9. The van der Waals surface area contributed by atoms with Gasteiger partial charge in [-0.15, -0.1) is 23.5 Å². The molecule has 2 aliphatic rings. The van der Waals surface area contributed by atoms with Gasteiger partial charge in [-0.3, -0.25) is 9.36 Å². The van der Waals surface area contributed by atoms with Gasteiger partial charge in [0.15, 0.2) is 6.23 Å². The van der Waals surface area contributed by atoms with E-state index < -0.39 is 26.0 Å². The van der Waals surface area contributed by atoms with Gasteiger partial charge in [-0.05, 0) is 21.5 Å². The molecule has 3 heterocycles. The Morgan fingerprint density at radius 2 is 1.68 bits per heavy atom. The lowest BCUT2D eigenvalue weighted by atomic mass is 10.2. The van der Waals surface area contributed by atoms with E-state index in [4.69, 9.17) is 13.9 Å². The van der Waals surface area contributed by atoms with E-state index in [0.717, 1.165) is 31.7 Å². The quantitative estimate of drug-likeness (QED) is 0.377. The van der Waals surface area contributed by atoms with Gasteiger partial charge < -0.3 is 19.2 Å². The predicted octanol–water partition coefficient (Wildman–Crippen LogP) is 4.34. The van der Waals surface area contributed by atoms with Crippen LogP contribution in [0.25, 0.3) is 0 Å². The highest BCUT2D eigenvalue weighted by Gasteiger charge is 2.55. The third-order valence-corrected chi connectivity index (χ3v) is 15.0. The van der Waals surface area contributed by atoms with Crippen molar-refractivity contribution in [2.45, 2.75) is 44.7 Å². The summed E-state index contributed by atoms with van der Waals surface area (Å²) in [5, 5.41) is 4.66. The third kappa shape index (κ3) is 5.59. The van der Waals surface area contributed by atoms with Crippen molar-refractivity contribution in [3.8, 4) is 0 Å². The van der Waals surface area contributed by atoms with Crippen molar-refractivity contribution >= 4 is 53.9 Å². The first-order valence-corrected chi connectivity index (χ1v) is 17.3. The molecule has 5 rings (SSSR count). The van der Waals surface area contributed by atoms with Crippen LogP contribution in [0.2, 0.25) is 5.04 Å². The molecule has 2 atom stereocenters. The molecule has 0 radical (unpaired) electrons. The van der Waals surface area contributed by atoms with Crippen LogP contribution in [0.5, 0.6) is 0 Å². The Morgan fingerprint density at radius 1 is 1.07 bits per heavy atom. The molecule has 11 heteroatoms. The lowest BCUT2D eigenvalue weighted by Crippen LogP contribution is -2.67. The van der Waals surface area contributed by atoms with Crippen molar-refractivity contribution in [3.63, 3.8) is 0 Å². The van der Waals surface area contributed by atoms with Crippen LogP contribution in [0, 0.1) is 0 Å². The summed E-state index contributed by atoms with van der Waals surface area (Å²) in [6, 6.07) is 22.5. The smallest absolute Gasteiger partial charge is 0.351 e. The number of hydrogen-bond donors (Lipinski definition) is 1. The number of thioether (sulfide) groups is 2. The largest absolute Gasteiger partial charge is 0.401 e. The van der Waals surface area contributed by atoms with E-state index in [1.54, 1.807) is 42.9 Å². The summed E-state index contributed by atoms with van der Waals surface area (Å²) in [7, 11) is -1.26. The highest BCUT2D eigenvalue weighted by Crippen LogP contribution is 2.54. The molecule has 0 saturated heterocycles. The van der Waals surface area contributed by atoms with E-state index in [1.807, 2.05) is 12.1 Å². The predicted molar refractivity (Wildman–Crippen MR) is 168 cm³/mol. The van der Waals surface area contributed by atoms with Gasteiger partial charge in [-0.2, -0.15) is 4.98 Å². The van der Waals surface area contributed by atoms with Crippen molar-refractivity contribution in [1.29, 1.82) is 0 Å². The van der Waals surface area contributed by atoms with Crippen LogP contribution < -0.4 is 21.4 Å². The number of nitrogens with zero attached hydrogens (tertiary/aromatic N) is 2. The van der Waals surface area contributed by atoms with Gasteiger partial charge in [0.25, 0.3) is 8.32 Å². The lowest BCUT2D eigenvalue weighted by molar-refractivity contribution is -0.224. The molecule has 0 unspecified atom stereocenters. The fraction of sp³-hybridized carbons (Fsp3) is 0.367. The van der Waals surface area contributed by atoms with Crippen LogP contribution in [0.4, 0.5) is 5.82 Å². The summed E-state index contributed by atoms with van der Waals surface area (Å²) >= 11 is 3.34. The van der Waals surface area contributed by atoms with Gasteiger partial charge in [-0.25, -0.2) is 4.79 Å². The molecule has 1 N–H and O–H groups in total. The van der Waals surface area contributed by atoms with Gasteiger partial charge in [0.1, 0.15) is 5.82 Å². The fourth-order valence-electron chi connectivity index (χ4n) is 5.49. The standard InChI is InChI=1S/C30H35N3O5S2Si/c1-21(34)31-24-16-17-33(28(35)32-24)27-25-26(40-19-18-39-25)30(36-5,38-27)20-37-41(29(2,3)4,22-12-8-6-9-13-22)23-14-10-7-11-15-23/h6-17,27H,18-20H2,1-5H3,(H,31,32,34,35)/t27-,30+/m0/s1. The summed E-state index contributed by atoms with van der Waals surface area (Å²) < 4.78 is 21.6. The number of benzene rings is 2. The minimum Gasteiger partial charge on any atom is -0.401 e. The van der Waals surface area contributed by atoms with E-state index in [-0.39, 0.29) is 23.4 Å². The highest BCUT2D eigenvalue weighted by atomic mass is 32.2. The summed E-state index contributed by atoms with van der Waals surface area (Å²) in [5.74, 6) is 0.462. The number of methoxy groups -OCH3 is 1. The average Bonchev–Trinajstić information content (AvgIpc) is 3.28. The summed E-state index contributed by atoms with van der Waals surface area (Å²) in [4.78, 5) is 30.5. The van der Waals surface area contributed by atoms with Crippen LogP contribution in [0.1, 0.15) is 33.9 Å². The number of nitrogens with one attached hydrogen (secondary N) is 1. The number of rotatable bonds is 8. The number of hydrogen-bond acceptors (Lipinski definition) is 8. The Hall–Kier alpha value is -2.67. The molecule has 2 aromatic carbocycles. The van der Waals surface area contributed by atoms with Crippen LogP contribution in [0.3, 0.4) is 0 Å². The molecular weight excluding hydrogens is 575 g/mol. The number of aromatic nitrogens is 2. The molecule has 0 bridgehead atoms. The highest BCUT2D eigenvalue weighted by molar-refractivity contribution is 8.10. The van der Waals surface area contributed by atoms with Gasteiger partial charge in [0.2, 0.25) is 11.7 Å². The van der Waals surface area contributed by atoms with E-state index >= 15 is 0 Å². The maximum Gasteiger partial charge on any atom is 0.351 e. The van der Waals surface area contributed by atoms with Crippen molar-refractivity contribution in [1.82, 2.24) is 9.55 Å². The van der Waals surface area contributed by atoms with E-state index in [2.05, 4.69) is 79.6 Å². The molecule has 1 aromatic heterocycles. The average molecular weight is 610 g/mol. The summed E-state index contributed by atoms with van der Waals surface area (Å²) in [6.07, 6.45) is 0.877. The molecule has 1 amide bonds. The Labute approximate surface area is 250 Å². The monoisotopic (exact) mass is 609 g/mol. The first-order valence-electron chi connectivity index (χ1n) is 13.5. The molecule has 8 nitrogen and oxygen atoms in total. The molecule has 3 aromatic rings. The molecule has 2 aliphatic heterocycles. The van der Waals surface area contributed by atoms with Crippen molar-refractivity contribution in [3.05, 3.63) is 93.2 Å². The molecule has 0 saturated carbocycles. The SMILES string of the molecule is CO[C@]1(CO[Si](c2ccccc2)(c2ccccc2)C(C)(C)C)O[C@H](n2ccc(NC(C)=O)nc2=O)C2=C1SCCS2. The number of carbonyl (C=O) groups is 1.